The van der Waals surface area contributed by atoms with Gasteiger partial charge in [0.05, 0.1) is 18.3 Å². The summed E-state index contributed by atoms with van der Waals surface area (Å²) in [4.78, 5) is 0. The SMILES string of the molecule is C=C[C@@H](O[Si](C)(C)C(C)(C)C)[C@H](OC)[C@H]1O[C@@H](C)C[C@H]1C[C@@H](C)CO. The molecule has 1 aliphatic heterocycles. The van der Waals surface area contributed by atoms with Gasteiger partial charge in [-0.05, 0) is 49.7 Å². The summed E-state index contributed by atoms with van der Waals surface area (Å²) in [6.45, 7) is 19.6. The van der Waals surface area contributed by atoms with Crippen LogP contribution in [-0.4, -0.2) is 51.6 Å². The molecule has 148 valence electrons. The molecule has 25 heavy (non-hydrogen) atoms. The lowest BCUT2D eigenvalue weighted by atomic mass is 9.86. The van der Waals surface area contributed by atoms with Gasteiger partial charge in [0.25, 0.3) is 0 Å². The van der Waals surface area contributed by atoms with Crippen LogP contribution in [0.25, 0.3) is 0 Å². The molecule has 0 bridgehead atoms. The van der Waals surface area contributed by atoms with E-state index in [2.05, 4.69) is 54.3 Å². The lowest BCUT2D eigenvalue weighted by Crippen LogP contribution is -2.50. The normalized spacial score (nSPS) is 28.6. The Morgan fingerprint density at radius 3 is 2.40 bits per heavy atom. The second kappa shape index (κ2) is 9.13. The van der Waals surface area contributed by atoms with E-state index in [1.54, 1.807) is 7.11 Å². The standard InChI is InChI=1S/C20H40O4Si/c1-10-17(24-25(8,9)20(4,5)6)19(22-7)18-16(11-14(2)13-21)12-15(3)23-18/h10,14-19,21H,1,11-13H2,2-9H3/t14-,15+,16-,17-,18+,19+/m1/s1. The third-order valence-corrected chi connectivity index (χ3v) is 10.4. The van der Waals surface area contributed by atoms with Crippen LogP contribution < -0.4 is 0 Å². The van der Waals surface area contributed by atoms with Crippen molar-refractivity contribution in [2.45, 2.75) is 90.0 Å². The molecule has 1 N–H and O–H groups in total. The highest BCUT2D eigenvalue weighted by molar-refractivity contribution is 6.74. The molecule has 5 heteroatoms. The minimum Gasteiger partial charge on any atom is -0.408 e. The minimum atomic E-state index is -1.94. The Hall–Kier alpha value is -0.203. The lowest BCUT2D eigenvalue weighted by Gasteiger charge is -2.42. The first kappa shape index (κ1) is 22.8. The van der Waals surface area contributed by atoms with Gasteiger partial charge < -0.3 is 19.0 Å². The topological polar surface area (TPSA) is 47.9 Å². The van der Waals surface area contributed by atoms with E-state index < -0.39 is 8.32 Å². The van der Waals surface area contributed by atoms with Crippen LogP contribution >= 0.6 is 0 Å². The van der Waals surface area contributed by atoms with Crippen molar-refractivity contribution < 1.29 is 19.0 Å². The summed E-state index contributed by atoms with van der Waals surface area (Å²) in [5, 5.41) is 9.56. The predicted molar refractivity (Wildman–Crippen MR) is 106 cm³/mol. The molecule has 0 aromatic rings. The third-order valence-electron chi connectivity index (χ3n) is 5.89. The van der Waals surface area contributed by atoms with Crippen LogP contribution in [-0.2, 0) is 13.9 Å². The number of aliphatic hydroxyl groups excluding tert-OH is 1. The molecule has 0 saturated carbocycles. The fourth-order valence-corrected chi connectivity index (χ4v) is 4.65. The monoisotopic (exact) mass is 372 g/mol. The molecule has 0 aliphatic carbocycles. The van der Waals surface area contributed by atoms with Crippen LogP contribution in [0, 0.1) is 11.8 Å². The van der Waals surface area contributed by atoms with Crippen molar-refractivity contribution in [3.8, 4) is 0 Å². The van der Waals surface area contributed by atoms with Crippen molar-refractivity contribution in [1.82, 2.24) is 0 Å². The Labute approximate surface area is 156 Å². The average Bonchev–Trinajstić information content (AvgIpc) is 2.85. The van der Waals surface area contributed by atoms with Gasteiger partial charge in [0.15, 0.2) is 8.32 Å². The highest BCUT2D eigenvalue weighted by Crippen LogP contribution is 2.40. The molecule has 0 radical (unpaired) electrons. The van der Waals surface area contributed by atoms with E-state index in [1.165, 1.54) is 0 Å². The molecule has 4 nitrogen and oxygen atoms in total. The molecule has 0 aromatic carbocycles. The first-order chi connectivity index (χ1) is 11.5. The number of hydrogen-bond donors (Lipinski definition) is 1. The van der Waals surface area contributed by atoms with E-state index in [0.29, 0.717) is 5.92 Å². The lowest BCUT2D eigenvalue weighted by molar-refractivity contribution is -0.0967. The quantitative estimate of drug-likeness (QED) is 0.482. The Morgan fingerprint density at radius 2 is 1.96 bits per heavy atom. The molecule has 1 heterocycles. The zero-order chi connectivity index (χ0) is 19.4. The van der Waals surface area contributed by atoms with Gasteiger partial charge in [-0.2, -0.15) is 0 Å². The molecule has 1 aliphatic rings. The van der Waals surface area contributed by atoms with Crippen molar-refractivity contribution in [3.05, 3.63) is 12.7 Å². The van der Waals surface area contributed by atoms with Gasteiger partial charge in [0, 0.05) is 13.7 Å². The largest absolute Gasteiger partial charge is 0.408 e. The Bertz CT molecular complexity index is 418. The first-order valence-electron chi connectivity index (χ1n) is 9.56. The predicted octanol–water partition coefficient (Wildman–Crippen LogP) is 4.39. The van der Waals surface area contributed by atoms with Crippen LogP contribution in [0.1, 0.15) is 47.5 Å². The van der Waals surface area contributed by atoms with Crippen LogP contribution in [0.4, 0.5) is 0 Å². The average molecular weight is 373 g/mol. The Morgan fingerprint density at radius 1 is 1.36 bits per heavy atom. The van der Waals surface area contributed by atoms with E-state index in [4.69, 9.17) is 13.9 Å². The number of ether oxygens (including phenoxy) is 2. The second-order valence-corrected chi connectivity index (χ2v) is 14.0. The molecule has 0 spiro atoms. The summed E-state index contributed by atoms with van der Waals surface area (Å²) < 4.78 is 18.7. The summed E-state index contributed by atoms with van der Waals surface area (Å²) in [5.41, 5.74) is 0. The van der Waals surface area contributed by atoms with Gasteiger partial charge in [-0.25, -0.2) is 0 Å². The zero-order valence-corrected chi connectivity index (χ0v) is 18.5. The summed E-state index contributed by atoms with van der Waals surface area (Å²) in [6.07, 6.45) is 3.63. The third kappa shape index (κ3) is 5.89. The molecule has 0 unspecified atom stereocenters. The molecule has 6 atom stereocenters. The Balaban J connectivity index is 2.97. The minimum absolute atomic E-state index is 0.0261. The van der Waals surface area contributed by atoms with Gasteiger partial charge in [-0.3, -0.25) is 0 Å². The van der Waals surface area contributed by atoms with Gasteiger partial charge in [-0.15, -0.1) is 6.58 Å². The maximum atomic E-state index is 9.43. The van der Waals surface area contributed by atoms with Crippen molar-refractivity contribution >= 4 is 8.32 Å². The van der Waals surface area contributed by atoms with Gasteiger partial charge in [0.1, 0.15) is 6.10 Å². The van der Waals surface area contributed by atoms with E-state index in [0.717, 1.165) is 12.8 Å². The highest BCUT2D eigenvalue weighted by Gasteiger charge is 2.45. The molecule has 0 aromatic heterocycles. The summed E-state index contributed by atoms with van der Waals surface area (Å²) in [7, 11) is -0.212. The van der Waals surface area contributed by atoms with Crippen molar-refractivity contribution in [1.29, 1.82) is 0 Å². The molecule has 1 saturated heterocycles. The van der Waals surface area contributed by atoms with Gasteiger partial charge >= 0.3 is 0 Å². The smallest absolute Gasteiger partial charge is 0.193 e. The summed E-state index contributed by atoms with van der Waals surface area (Å²) >= 11 is 0. The van der Waals surface area contributed by atoms with Gasteiger partial charge in [0.2, 0.25) is 0 Å². The van der Waals surface area contributed by atoms with E-state index in [9.17, 15) is 5.11 Å². The number of hydrogen-bond acceptors (Lipinski definition) is 4. The maximum absolute atomic E-state index is 9.43. The Kier molecular flexibility index (Phi) is 8.34. The van der Waals surface area contributed by atoms with Crippen LogP contribution in [0.3, 0.4) is 0 Å². The summed E-state index contributed by atoms with van der Waals surface area (Å²) in [5.74, 6) is 0.634. The first-order valence-corrected chi connectivity index (χ1v) is 12.5. The maximum Gasteiger partial charge on any atom is 0.193 e. The molecular formula is C20H40O4Si. The number of aliphatic hydroxyl groups is 1. The van der Waals surface area contributed by atoms with Crippen LogP contribution in [0.15, 0.2) is 12.7 Å². The number of rotatable bonds is 9. The van der Waals surface area contributed by atoms with E-state index >= 15 is 0 Å². The number of methoxy groups -OCH3 is 1. The van der Waals surface area contributed by atoms with Crippen molar-refractivity contribution in [2.24, 2.45) is 11.8 Å². The fourth-order valence-electron chi connectivity index (χ4n) is 3.38. The second-order valence-electron chi connectivity index (χ2n) is 9.21. The van der Waals surface area contributed by atoms with Crippen molar-refractivity contribution in [2.75, 3.05) is 13.7 Å². The molecule has 0 amide bonds. The zero-order valence-electron chi connectivity index (χ0n) is 17.5. The molecule has 1 rings (SSSR count). The van der Waals surface area contributed by atoms with Crippen molar-refractivity contribution in [3.63, 3.8) is 0 Å². The molecule has 1 fully saturated rings. The van der Waals surface area contributed by atoms with E-state index in [-0.39, 0.29) is 42.0 Å². The fraction of sp³-hybridized carbons (Fsp3) is 0.900. The highest BCUT2D eigenvalue weighted by atomic mass is 28.4. The molecular weight excluding hydrogens is 332 g/mol. The van der Waals surface area contributed by atoms with E-state index in [1.807, 2.05) is 6.08 Å². The van der Waals surface area contributed by atoms with Crippen LogP contribution in [0.5, 0.6) is 0 Å². The summed E-state index contributed by atoms with van der Waals surface area (Å²) in [6, 6.07) is 0. The van der Waals surface area contributed by atoms with Crippen LogP contribution in [0.2, 0.25) is 18.1 Å². The van der Waals surface area contributed by atoms with Gasteiger partial charge in [-0.1, -0.05) is 33.8 Å².